The van der Waals surface area contributed by atoms with Crippen molar-refractivity contribution in [1.82, 2.24) is 5.32 Å². The fourth-order valence-electron chi connectivity index (χ4n) is 1.36. The maximum absolute atomic E-state index is 10.8. The monoisotopic (exact) mass is 185 g/mol. The van der Waals surface area contributed by atoms with Crippen LogP contribution in [0, 0.1) is 5.92 Å². The Morgan fingerprint density at radius 3 is 2.69 bits per heavy atom. The summed E-state index contributed by atoms with van der Waals surface area (Å²) in [7, 11) is 0. The molecule has 0 aliphatic carbocycles. The Kier molecular flexibility index (Phi) is 6.24. The van der Waals surface area contributed by atoms with Crippen LogP contribution in [0.25, 0.3) is 0 Å². The van der Waals surface area contributed by atoms with Gasteiger partial charge in [-0.25, -0.2) is 0 Å². The van der Waals surface area contributed by atoms with Gasteiger partial charge in [-0.05, 0) is 12.3 Å². The molecule has 0 rings (SSSR count). The fraction of sp³-hybridized carbons (Fsp3) is 0.700. The first-order valence-corrected chi connectivity index (χ1v) is 4.70. The molecule has 0 aromatic heterocycles. The molecule has 0 bridgehead atoms. The van der Waals surface area contributed by atoms with Gasteiger partial charge in [0, 0.05) is 6.54 Å². The quantitative estimate of drug-likeness (QED) is 0.593. The molecule has 0 saturated carbocycles. The third kappa shape index (κ3) is 4.68. The fourth-order valence-corrected chi connectivity index (χ4v) is 1.36. The maximum Gasteiger partial charge on any atom is 0.320 e. The highest BCUT2D eigenvalue weighted by Gasteiger charge is 2.22. The topological polar surface area (TPSA) is 49.3 Å². The van der Waals surface area contributed by atoms with Gasteiger partial charge in [0.2, 0.25) is 0 Å². The van der Waals surface area contributed by atoms with E-state index in [0.29, 0.717) is 6.54 Å². The SMILES string of the molecule is C=CCNC(C(=O)O)C(C)CCC. The number of nitrogens with one attached hydrogen (secondary N) is 1. The molecule has 0 fully saturated rings. The summed E-state index contributed by atoms with van der Waals surface area (Å²) in [6.45, 7) is 8.10. The molecule has 76 valence electrons. The van der Waals surface area contributed by atoms with E-state index in [4.69, 9.17) is 5.11 Å². The Hall–Kier alpha value is -0.830. The second-order valence-corrected chi connectivity index (χ2v) is 3.28. The van der Waals surface area contributed by atoms with E-state index in [1.165, 1.54) is 0 Å². The van der Waals surface area contributed by atoms with Crippen LogP contribution in [0.3, 0.4) is 0 Å². The van der Waals surface area contributed by atoms with Crippen LogP contribution in [0.5, 0.6) is 0 Å². The van der Waals surface area contributed by atoms with E-state index in [9.17, 15) is 4.79 Å². The molecule has 0 aliphatic heterocycles. The molecule has 3 heteroatoms. The van der Waals surface area contributed by atoms with Crippen molar-refractivity contribution in [1.29, 1.82) is 0 Å². The van der Waals surface area contributed by atoms with Crippen LogP contribution < -0.4 is 5.32 Å². The van der Waals surface area contributed by atoms with Crippen LogP contribution in [0.4, 0.5) is 0 Å². The summed E-state index contributed by atoms with van der Waals surface area (Å²) in [5.74, 6) is -0.606. The number of aliphatic carboxylic acids is 1. The van der Waals surface area contributed by atoms with Crippen molar-refractivity contribution in [2.24, 2.45) is 5.92 Å². The molecule has 2 unspecified atom stereocenters. The third-order valence-electron chi connectivity index (χ3n) is 2.06. The van der Waals surface area contributed by atoms with E-state index in [-0.39, 0.29) is 5.92 Å². The Balaban J connectivity index is 4.06. The van der Waals surface area contributed by atoms with Gasteiger partial charge in [-0.15, -0.1) is 6.58 Å². The summed E-state index contributed by atoms with van der Waals surface area (Å²) in [5.41, 5.74) is 0. The van der Waals surface area contributed by atoms with Gasteiger partial charge in [-0.3, -0.25) is 4.79 Å². The van der Waals surface area contributed by atoms with E-state index in [0.717, 1.165) is 12.8 Å². The average molecular weight is 185 g/mol. The zero-order valence-corrected chi connectivity index (χ0v) is 8.42. The van der Waals surface area contributed by atoms with E-state index < -0.39 is 12.0 Å². The summed E-state index contributed by atoms with van der Waals surface area (Å²) in [6, 6.07) is -0.446. The predicted octanol–water partition coefficient (Wildman–Crippen LogP) is 1.65. The summed E-state index contributed by atoms with van der Waals surface area (Å²) in [6.07, 6.45) is 3.62. The van der Waals surface area contributed by atoms with E-state index in [2.05, 4.69) is 18.8 Å². The van der Waals surface area contributed by atoms with Gasteiger partial charge in [0.1, 0.15) is 6.04 Å². The summed E-state index contributed by atoms with van der Waals surface area (Å²) in [4.78, 5) is 10.8. The summed E-state index contributed by atoms with van der Waals surface area (Å²) in [5, 5.41) is 11.8. The lowest BCUT2D eigenvalue weighted by Gasteiger charge is -2.20. The van der Waals surface area contributed by atoms with Crippen LogP contribution in [0.2, 0.25) is 0 Å². The normalized spacial score (nSPS) is 14.9. The molecule has 0 saturated heterocycles. The Morgan fingerprint density at radius 2 is 2.31 bits per heavy atom. The number of hydrogen-bond acceptors (Lipinski definition) is 2. The molecule has 0 aromatic carbocycles. The summed E-state index contributed by atoms with van der Waals surface area (Å²) < 4.78 is 0. The van der Waals surface area contributed by atoms with Crippen LogP contribution in [0.15, 0.2) is 12.7 Å². The minimum atomic E-state index is -0.775. The second kappa shape index (κ2) is 6.66. The molecule has 0 aromatic rings. The van der Waals surface area contributed by atoms with E-state index in [1.54, 1.807) is 6.08 Å². The number of carbonyl (C=O) groups is 1. The molecule has 2 atom stereocenters. The number of rotatable bonds is 7. The molecular formula is C10H19NO2. The van der Waals surface area contributed by atoms with Crippen molar-refractivity contribution in [3.8, 4) is 0 Å². The van der Waals surface area contributed by atoms with Gasteiger partial charge in [0.05, 0.1) is 0 Å². The van der Waals surface area contributed by atoms with Crippen molar-refractivity contribution in [2.45, 2.75) is 32.7 Å². The van der Waals surface area contributed by atoms with Crippen LogP contribution in [-0.4, -0.2) is 23.7 Å². The standard InChI is InChI=1S/C10H19NO2/c1-4-6-8(3)9(10(12)13)11-7-5-2/h5,8-9,11H,2,4,6-7H2,1,3H3,(H,12,13). The van der Waals surface area contributed by atoms with Crippen LogP contribution in [-0.2, 0) is 4.79 Å². The molecule has 0 aliphatic rings. The van der Waals surface area contributed by atoms with Gasteiger partial charge >= 0.3 is 5.97 Å². The molecule has 3 nitrogen and oxygen atoms in total. The predicted molar refractivity (Wildman–Crippen MR) is 53.7 cm³/mol. The third-order valence-corrected chi connectivity index (χ3v) is 2.06. The van der Waals surface area contributed by atoms with Crippen molar-refractivity contribution >= 4 is 5.97 Å². The highest BCUT2D eigenvalue weighted by molar-refractivity contribution is 5.73. The number of carboxylic acids is 1. The lowest BCUT2D eigenvalue weighted by molar-refractivity contribution is -0.140. The smallest absolute Gasteiger partial charge is 0.320 e. The molecule has 0 radical (unpaired) electrons. The Morgan fingerprint density at radius 1 is 1.69 bits per heavy atom. The van der Waals surface area contributed by atoms with Gasteiger partial charge in [-0.1, -0.05) is 26.3 Å². The van der Waals surface area contributed by atoms with Crippen molar-refractivity contribution in [3.63, 3.8) is 0 Å². The molecule has 2 N–H and O–H groups in total. The van der Waals surface area contributed by atoms with Gasteiger partial charge in [-0.2, -0.15) is 0 Å². The zero-order valence-electron chi connectivity index (χ0n) is 8.42. The zero-order chi connectivity index (χ0) is 10.3. The minimum Gasteiger partial charge on any atom is -0.480 e. The van der Waals surface area contributed by atoms with Crippen molar-refractivity contribution in [3.05, 3.63) is 12.7 Å². The molecule has 13 heavy (non-hydrogen) atoms. The summed E-state index contributed by atoms with van der Waals surface area (Å²) >= 11 is 0. The molecule has 0 heterocycles. The Labute approximate surface area is 79.8 Å². The maximum atomic E-state index is 10.8. The first-order valence-electron chi connectivity index (χ1n) is 4.70. The lowest BCUT2D eigenvalue weighted by atomic mass is 9.97. The minimum absolute atomic E-state index is 0.169. The average Bonchev–Trinajstić information content (AvgIpc) is 2.05. The van der Waals surface area contributed by atoms with Crippen molar-refractivity contribution in [2.75, 3.05) is 6.54 Å². The molecule has 0 amide bonds. The van der Waals surface area contributed by atoms with Crippen molar-refractivity contribution < 1.29 is 9.90 Å². The molecule has 0 spiro atoms. The van der Waals surface area contributed by atoms with E-state index >= 15 is 0 Å². The van der Waals surface area contributed by atoms with Gasteiger partial charge in [0.25, 0.3) is 0 Å². The van der Waals surface area contributed by atoms with Gasteiger partial charge < -0.3 is 10.4 Å². The lowest BCUT2D eigenvalue weighted by Crippen LogP contribution is -2.41. The Bertz CT molecular complexity index is 168. The first kappa shape index (κ1) is 12.2. The van der Waals surface area contributed by atoms with Gasteiger partial charge in [0.15, 0.2) is 0 Å². The molecular weight excluding hydrogens is 166 g/mol. The highest BCUT2D eigenvalue weighted by atomic mass is 16.4. The first-order chi connectivity index (χ1) is 6.13. The number of hydrogen-bond donors (Lipinski definition) is 2. The second-order valence-electron chi connectivity index (χ2n) is 3.28. The van der Waals surface area contributed by atoms with Crippen LogP contribution in [0.1, 0.15) is 26.7 Å². The largest absolute Gasteiger partial charge is 0.480 e. The number of carboxylic acid groups (broad SMARTS) is 1. The highest BCUT2D eigenvalue weighted by Crippen LogP contribution is 2.10. The van der Waals surface area contributed by atoms with E-state index in [1.807, 2.05) is 6.92 Å². The van der Waals surface area contributed by atoms with Crippen LogP contribution >= 0.6 is 0 Å².